The van der Waals surface area contributed by atoms with Gasteiger partial charge in [0.1, 0.15) is 29.1 Å². The van der Waals surface area contributed by atoms with E-state index in [2.05, 4.69) is 38.3 Å². The summed E-state index contributed by atoms with van der Waals surface area (Å²) >= 11 is 7.49. The standard InChI is InChI=1S/C28H24ClN7O2S/c1-17(39-4)24(16-30)26(19-8-10-20(29)11-9-19)36-18(2)33-28(35-36)34-21-6-5-7-22(14-21)38-23-12-13-32-25(15-23)27(37)31-3/h5-15H,1H2,2-4H3,(H,31,37)(H,34,35)/b26-24-. The largest absolute Gasteiger partial charge is 0.457 e. The van der Waals surface area contributed by atoms with Gasteiger partial charge in [0.25, 0.3) is 5.91 Å². The summed E-state index contributed by atoms with van der Waals surface area (Å²) in [7, 11) is 1.54. The lowest BCUT2D eigenvalue weighted by Gasteiger charge is -2.13. The fourth-order valence-electron chi connectivity index (χ4n) is 3.61. The number of allylic oxidation sites excluding steroid dienone is 1. The number of carbonyl (C=O) groups excluding carboxylic acids is 1. The number of aryl methyl sites for hydroxylation is 1. The number of nitriles is 1. The van der Waals surface area contributed by atoms with E-state index in [4.69, 9.17) is 16.3 Å². The van der Waals surface area contributed by atoms with Gasteiger partial charge in [-0.3, -0.25) is 9.78 Å². The summed E-state index contributed by atoms with van der Waals surface area (Å²) in [5.74, 6) is 1.59. The molecule has 0 unspecified atom stereocenters. The topological polar surface area (TPSA) is 118 Å². The fraction of sp³-hybridized carbons (Fsp3) is 0.107. The summed E-state index contributed by atoms with van der Waals surface area (Å²) in [5.41, 5.74) is 2.60. The van der Waals surface area contributed by atoms with E-state index in [9.17, 15) is 10.1 Å². The molecule has 1 amide bonds. The Morgan fingerprint density at radius 3 is 2.59 bits per heavy atom. The lowest BCUT2D eigenvalue weighted by Crippen LogP contribution is -2.18. The lowest BCUT2D eigenvalue weighted by molar-refractivity contribution is 0.0958. The van der Waals surface area contributed by atoms with Gasteiger partial charge in [-0.1, -0.05) is 36.4 Å². The number of halogens is 1. The molecule has 11 heteroatoms. The number of ether oxygens (including phenoxy) is 1. The highest BCUT2D eigenvalue weighted by Gasteiger charge is 2.19. The Labute approximate surface area is 235 Å². The fourth-order valence-corrected chi connectivity index (χ4v) is 4.09. The third-order valence-corrected chi connectivity index (χ3v) is 6.44. The molecular formula is C28H24ClN7O2S. The molecule has 2 aromatic carbocycles. The second kappa shape index (κ2) is 12.3. The third-order valence-electron chi connectivity index (χ3n) is 5.49. The van der Waals surface area contributed by atoms with E-state index < -0.39 is 0 Å². The normalized spacial score (nSPS) is 11.3. The maximum absolute atomic E-state index is 11.9. The first-order valence-electron chi connectivity index (χ1n) is 11.6. The Morgan fingerprint density at radius 1 is 1.15 bits per heavy atom. The van der Waals surface area contributed by atoms with Crippen molar-refractivity contribution in [2.24, 2.45) is 0 Å². The van der Waals surface area contributed by atoms with Crippen LogP contribution >= 0.6 is 23.4 Å². The van der Waals surface area contributed by atoms with Crippen molar-refractivity contribution in [1.29, 1.82) is 5.26 Å². The summed E-state index contributed by atoms with van der Waals surface area (Å²) in [6.45, 7) is 5.84. The van der Waals surface area contributed by atoms with Crippen molar-refractivity contribution in [3.05, 3.63) is 106 Å². The van der Waals surface area contributed by atoms with Crippen LogP contribution in [0, 0.1) is 18.3 Å². The van der Waals surface area contributed by atoms with E-state index in [1.165, 1.54) is 25.0 Å². The highest BCUT2D eigenvalue weighted by Crippen LogP contribution is 2.31. The molecule has 2 aromatic heterocycles. The van der Waals surface area contributed by atoms with Crippen molar-refractivity contribution in [3.63, 3.8) is 0 Å². The van der Waals surface area contributed by atoms with Crippen LogP contribution < -0.4 is 15.4 Å². The van der Waals surface area contributed by atoms with Gasteiger partial charge in [-0.2, -0.15) is 10.2 Å². The highest BCUT2D eigenvalue weighted by molar-refractivity contribution is 8.02. The molecule has 196 valence electrons. The number of thioether (sulfide) groups is 1. The van der Waals surface area contributed by atoms with Crippen molar-refractivity contribution >= 4 is 46.6 Å². The van der Waals surface area contributed by atoms with Gasteiger partial charge >= 0.3 is 0 Å². The number of pyridine rings is 1. The minimum atomic E-state index is -0.305. The van der Waals surface area contributed by atoms with Crippen LogP contribution in [0.1, 0.15) is 21.9 Å². The number of hydrogen-bond acceptors (Lipinski definition) is 8. The minimum absolute atomic E-state index is 0.250. The maximum Gasteiger partial charge on any atom is 0.269 e. The molecule has 0 spiro atoms. The van der Waals surface area contributed by atoms with Crippen LogP contribution in [0.2, 0.25) is 5.02 Å². The molecule has 9 nitrogen and oxygen atoms in total. The lowest BCUT2D eigenvalue weighted by atomic mass is 10.1. The number of amides is 1. The van der Waals surface area contributed by atoms with Crippen LogP contribution in [0.5, 0.6) is 11.5 Å². The second-order valence-electron chi connectivity index (χ2n) is 8.07. The molecule has 39 heavy (non-hydrogen) atoms. The van der Waals surface area contributed by atoms with Crippen LogP contribution in [-0.4, -0.2) is 39.0 Å². The Kier molecular flexibility index (Phi) is 8.66. The molecule has 0 aliphatic heterocycles. The molecule has 0 aliphatic rings. The molecule has 4 rings (SSSR count). The quantitative estimate of drug-likeness (QED) is 0.185. The van der Waals surface area contributed by atoms with E-state index in [0.717, 1.165) is 5.56 Å². The van der Waals surface area contributed by atoms with Crippen LogP contribution in [0.15, 0.2) is 83.9 Å². The summed E-state index contributed by atoms with van der Waals surface area (Å²) < 4.78 is 7.55. The summed E-state index contributed by atoms with van der Waals surface area (Å²) in [4.78, 5) is 21.1. The average molecular weight is 558 g/mol. The predicted molar refractivity (Wildman–Crippen MR) is 154 cm³/mol. The first-order valence-corrected chi connectivity index (χ1v) is 13.2. The Bertz CT molecular complexity index is 1610. The van der Waals surface area contributed by atoms with E-state index in [0.29, 0.717) is 50.2 Å². The second-order valence-corrected chi connectivity index (χ2v) is 9.41. The highest BCUT2D eigenvalue weighted by atomic mass is 35.5. The molecule has 2 N–H and O–H groups in total. The van der Waals surface area contributed by atoms with Gasteiger partial charge < -0.3 is 15.4 Å². The average Bonchev–Trinajstić information content (AvgIpc) is 3.30. The van der Waals surface area contributed by atoms with Crippen molar-refractivity contribution in [2.45, 2.75) is 6.92 Å². The zero-order valence-corrected chi connectivity index (χ0v) is 23.0. The zero-order valence-electron chi connectivity index (χ0n) is 21.4. The van der Waals surface area contributed by atoms with Crippen LogP contribution in [0.3, 0.4) is 0 Å². The van der Waals surface area contributed by atoms with Gasteiger partial charge in [-0.15, -0.1) is 16.9 Å². The number of benzene rings is 2. The van der Waals surface area contributed by atoms with Gasteiger partial charge in [0, 0.05) is 46.6 Å². The number of hydrogen-bond donors (Lipinski definition) is 2. The molecule has 0 fully saturated rings. The van der Waals surface area contributed by atoms with E-state index >= 15 is 0 Å². The molecule has 0 atom stereocenters. The molecule has 0 saturated carbocycles. The minimum Gasteiger partial charge on any atom is -0.457 e. The van der Waals surface area contributed by atoms with Crippen molar-refractivity contribution in [1.82, 2.24) is 25.1 Å². The SMILES string of the molecule is C=C(SC)/C(C#N)=C(/c1ccc(Cl)cc1)n1nc(Nc2cccc(Oc3ccnc(C(=O)NC)c3)c2)nc1C. The summed E-state index contributed by atoms with van der Waals surface area (Å²) in [6, 6.07) is 19.9. The Morgan fingerprint density at radius 2 is 1.90 bits per heavy atom. The van der Waals surface area contributed by atoms with Crippen LogP contribution in [0.25, 0.3) is 5.70 Å². The monoisotopic (exact) mass is 557 g/mol. The number of aromatic nitrogens is 4. The van der Waals surface area contributed by atoms with Gasteiger partial charge in [0.05, 0.1) is 11.3 Å². The molecule has 0 aliphatic carbocycles. The maximum atomic E-state index is 11.9. The molecule has 0 radical (unpaired) electrons. The van der Waals surface area contributed by atoms with Gasteiger partial charge in [-0.25, -0.2) is 4.68 Å². The Hall–Kier alpha value is -4.59. The summed E-state index contributed by atoms with van der Waals surface area (Å²) in [6.07, 6.45) is 3.37. The number of anilines is 2. The van der Waals surface area contributed by atoms with Crippen LogP contribution in [0.4, 0.5) is 11.6 Å². The van der Waals surface area contributed by atoms with E-state index in [-0.39, 0.29) is 11.6 Å². The third kappa shape index (κ3) is 6.46. The van der Waals surface area contributed by atoms with Gasteiger partial charge in [0.15, 0.2) is 0 Å². The van der Waals surface area contributed by atoms with Crippen molar-refractivity contribution < 1.29 is 9.53 Å². The predicted octanol–water partition coefficient (Wildman–Crippen LogP) is 6.19. The molecular weight excluding hydrogens is 534 g/mol. The number of carbonyl (C=O) groups is 1. The summed E-state index contributed by atoms with van der Waals surface area (Å²) in [5, 5.41) is 21.0. The number of nitrogens with zero attached hydrogens (tertiary/aromatic N) is 5. The first kappa shape index (κ1) is 27.4. The smallest absolute Gasteiger partial charge is 0.269 e. The van der Waals surface area contributed by atoms with Crippen LogP contribution in [-0.2, 0) is 0 Å². The van der Waals surface area contributed by atoms with Crippen molar-refractivity contribution in [3.8, 4) is 17.6 Å². The van der Waals surface area contributed by atoms with Crippen molar-refractivity contribution in [2.75, 3.05) is 18.6 Å². The number of rotatable bonds is 9. The van der Waals surface area contributed by atoms with Gasteiger partial charge in [0.2, 0.25) is 5.95 Å². The Balaban J connectivity index is 1.65. The van der Waals surface area contributed by atoms with E-state index in [1.807, 2.05) is 30.5 Å². The van der Waals surface area contributed by atoms with E-state index in [1.54, 1.807) is 48.0 Å². The molecule has 4 aromatic rings. The molecule has 0 bridgehead atoms. The molecule has 0 saturated heterocycles. The van der Waals surface area contributed by atoms with Gasteiger partial charge in [-0.05, 0) is 43.5 Å². The number of nitrogens with one attached hydrogen (secondary N) is 2. The first-order chi connectivity index (χ1) is 18.8. The molecule has 2 heterocycles. The zero-order chi connectivity index (χ0) is 27.9.